The van der Waals surface area contributed by atoms with Crippen molar-refractivity contribution in [1.82, 2.24) is 0 Å². The summed E-state index contributed by atoms with van der Waals surface area (Å²) in [6.45, 7) is 0. The van der Waals surface area contributed by atoms with Crippen LogP contribution >= 0.6 is 11.3 Å². The van der Waals surface area contributed by atoms with E-state index in [1.165, 1.54) is 59.1 Å². The number of para-hydroxylation sites is 1. The van der Waals surface area contributed by atoms with Gasteiger partial charge in [0.05, 0.1) is 0 Å². The lowest BCUT2D eigenvalue weighted by atomic mass is 9.89. The van der Waals surface area contributed by atoms with E-state index >= 15 is 0 Å². The molecule has 0 bridgehead atoms. The van der Waals surface area contributed by atoms with Gasteiger partial charge in [0.15, 0.2) is 0 Å². The predicted molar refractivity (Wildman–Crippen MR) is 224 cm³/mol. The Bertz CT molecular complexity index is 2830. The number of anilines is 3. The van der Waals surface area contributed by atoms with Crippen molar-refractivity contribution in [3.05, 3.63) is 199 Å². The SMILES string of the molecule is c1ccc2c(c1)-c1ccccc1C2Cc1ccc(-c2ccc(N(c3ccc4oc5ccccc5c4c3)c3ccc4sc5ccccc5c4c3)cc2)cc1. The second kappa shape index (κ2) is 12.1. The molecule has 3 heteroatoms. The van der Waals surface area contributed by atoms with Crippen LogP contribution in [-0.4, -0.2) is 0 Å². The highest BCUT2D eigenvalue weighted by Crippen LogP contribution is 2.46. The number of furan rings is 1. The van der Waals surface area contributed by atoms with Crippen molar-refractivity contribution in [2.45, 2.75) is 12.3 Å². The van der Waals surface area contributed by atoms with Crippen molar-refractivity contribution in [2.75, 3.05) is 4.90 Å². The molecule has 1 aliphatic rings. The third-order valence-electron chi connectivity index (χ3n) is 11.1. The summed E-state index contributed by atoms with van der Waals surface area (Å²) in [6, 6.07) is 66.4. The monoisotopic (exact) mass is 695 g/mol. The maximum Gasteiger partial charge on any atom is 0.135 e. The molecule has 2 aromatic heterocycles. The first-order valence-corrected chi connectivity index (χ1v) is 19.1. The Morgan fingerprint density at radius 3 is 1.74 bits per heavy atom. The average molecular weight is 696 g/mol. The van der Waals surface area contributed by atoms with E-state index in [0.29, 0.717) is 5.92 Å². The topological polar surface area (TPSA) is 16.4 Å². The zero-order valence-electron chi connectivity index (χ0n) is 28.9. The maximum atomic E-state index is 6.22. The predicted octanol–water partition coefficient (Wildman–Crippen LogP) is 14.4. The van der Waals surface area contributed by atoms with Gasteiger partial charge in [0.25, 0.3) is 0 Å². The molecule has 0 saturated heterocycles. The maximum absolute atomic E-state index is 6.22. The molecule has 0 spiro atoms. The summed E-state index contributed by atoms with van der Waals surface area (Å²) in [6.07, 6.45) is 0.988. The van der Waals surface area contributed by atoms with E-state index in [0.717, 1.165) is 45.4 Å². The Labute approximate surface area is 311 Å². The molecule has 0 N–H and O–H groups in total. The molecule has 1 aliphatic carbocycles. The second-order valence-corrected chi connectivity index (χ2v) is 15.2. The molecule has 53 heavy (non-hydrogen) atoms. The van der Waals surface area contributed by atoms with Gasteiger partial charge in [-0.3, -0.25) is 0 Å². The molecule has 0 unspecified atom stereocenters. The summed E-state index contributed by atoms with van der Waals surface area (Å²) >= 11 is 1.85. The van der Waals surface area contributed by atoms with Crippen molar-refractivity contribution >= 4 is 70.5 Å². The quantitative estimate of drug-likeness (QED) is 0.172. The average Bonchev–Trinajstić information content (AvgIpc) is 3.88. The largest absolute Gasteiger partial charge is 0.456 e. The molecule has 0 fully saturated rings. The molecule has 8 aromatic carbocycles. The molecule has 2 nitrogen and oxygen atoms in total. The van der Waals surface area contributed by atoms with Crippen LogP contribution in [0.25, 0.3) is 64.4 Å². The fourth-order valence-corrected chi connectivity index (χ4v) is 9.59. The zero-order valence-corrected chi connectivity index (χ0v) is 29.7. The van der Waals surface area contributed by atoms with Crippen molar-refractivity contribution < 1.29 is 4.42 Å². The van der Waals surface area contributed by atoms with Gasteiger partial charge in [-0.1, -0.05) is 121 Å². The van der Waals surface area contributed by atoms with E-state index in [9.17, 15) is 0 Å². The molecule has 10 aromatic rings. The van der Waals surface area contributed by atoms with Crippen molar-refractivity contribution in [3.63, 3.8) is 0 Å². The lowest BCUT2D eigenvalue weighted by Gasteiger charge is -2.26. The summed E-state index contributed by atoms with van der Waals surface area (Å²) in [5, 5.41) is 4.82. The smallest absolute Gasteiger partial charge is 0.135 e. The fraction of sp³-hybridized carbons (Fsp3) is 0.0400. The van der Waals surface area contributed by atoms with Crippen LogP contribution in [0.5, 0.6) is 0 Å². The van der Waals surface area contributed by atoms with E-state index in [4.69, 9.17) is 4.42 Å². The summed E-state index contributed by atoms with van der Waals surface area (Å²) in [5.41, 5.74) is 14.5. The summed E-state index contributed by atoms with van der Waals surface area (Å²) in [5.74, 6) is 0.379. The number of nitrogens with zero attached hydrogens (tertiary/aromatic N) is 1. The first-order chi connectivity index (χ1) is 26.2. The van der Waals surface area contributed by atoms with Crippen molar-refractivity contribution in [1.29, 1.82) is 0 Å². The number of thiophene rings is 1. The molecule has 0 saturated carbocycles. The van der Waals surface area contributed by atoms with Crippen LogP contribution in [0, 0.1) is 0 Å². The molecule has 0 amide bonds. The normalized spacial score (nSPS) is 12.5. The number of fused-ring (bicyclic) bond motifs is 9. The highest BCUT2D eigenvalue weighted by Gasteiger charge is 2.28. The molecule has 0 atom stereocenters. The molecule has 250 valence electrons. The van der Waals surface area contributed by atoms with Gasteiger partial charge < -0.3 is 9.32 Å². The van der Waals surface area contributed by atoms with Crippen molar-refractivity contribution in [2.24, 2.45) is 0 Å². The molecule has 0 radical (unpaired) electrons. The van der Waals surface area contributed by atoms with Crippen LogP contribution in [0.1, 0.15) is 22.6 Å². The van der Waals surface area contributed by atoms with Gasteiger partial charge in [-0.25, -0.2) is 0 Å². The van der Waals surface area contributed by atoms with Crippen LogP contribution in [-0.2, 0) is 6.42 Å². The van der Waals surface area contributed by atoms with E-state index in [2.05, 4.69) is 175 Å². The second-order valence-electron chi connectivity index (χ2n) is 14.1. The minimum atomic E-state index is 0.379. The Kier molecular flexibility index (Phi) is 6.89. The molecular formula is C50H33NOS. The van der Waals surface area contributed by atoms with E-state index in [1.807, 2.05) is 23.5 Å². The highest BCUT2D eigenvalue weighted by molar-refractivity contribution is 7.25. The Hall–Kier alpha value is -6.42. The third-order valence-corrected chi connectivity index (χ3v) is 12.2. The van der Waals surface area contributed by atoms with Gasteiger partial charge >= 0.3 is 0 Å². The summed E-state index contributed by atoms with van der Waals surface area (Å²) in [4.78, 5) is 2.37. The molecule has 2 heterocycles. The van der Waals surface area contributed by atoms with Crippen LogP contribution in [0.2, 0.25) is 0 Å². The van der Waals surface area contributed by atoms with Gasteiger partial charge in [-0.05, 0) is 106 Å². The van der Waals surface area contributed by atoms with Crippen molar-refractivity contribution in [3.8, 4) is 22.3 Å². The van der Waals surface area contributed by atoms with Gasteiger partial charge in [0.1, 0.15) is 11.2 Å². The van der Waals surface area contributed by atoms with Gasteiger partial charge in [0.2, 0.25) is 0 Å². The minimum Gasteiger partial charge on any atom is -0.456 e. The summed E-state index contributed by atoms with van der Waals surface area (Å²) in [7, 11) is 0. The van der Waals surface area contributed by atoms with E-state index < -0.39 is 0 Å². The van der Waals surface area contributed by atoms with Gasteiger partial charge in [-0.2, -0.15) is 0 Å². The number of hydrogen-bond donors (Lipinski definition) is 0. The Morgan fingerprint density at radius 2 is 0.981 bits per heavy atom. The van der Waals surface area contributed by atoms with Crippen LogP contribution in [0.4, 0.5) is 17.1 Å². The standard InChI is InChI=1S/C50H33NOS/c1-3-11-40-38(9-1)39-10-2-4-12-41(39)44(40)29-32-17-19-33(20-18-32)34-21-23-35(24-22-34)51(36-25-27-48-45(30-36)42-13-5-7-15-47(42)52-48)37-26-28-50-46(31-37)43-14-6-8-16-49(43)53-50/h1-28,30-31,44H,29H2. The minimum absolute atomic E-state index is 0.379. The zero-order chi connectivity index (χ0) is 34.9. The molecule has 0 aliphatic heterocycles. The molecule has 11 rings (SSSR count). The highest BCUT2D eigenvalue weighted by atomic mass is 32.1. The van der Waals surface area contributed by atoms with E-state index in [-0.39, 0.29) is 0 Å². The summed E-state index contributed by atoms with van der Waals surface area (Å²) < 4.78 is 8.83. The Morgan fingerprint density at radius 1 is 0.434 bits per heavy atom. The number of hydrogen-bond acceptors (Lipinski definition) is 3. The Balaban J connectivity index is 0.953. The lowest BCUT2D eigenvalue weighted by molar-refractivity contribution is 0.669. The van der Waals surface area contributed by atoms with Crippen LogP contribution in [0.3, 0.4) is 0 Å². The first-order valence-electron chi connectivity index (χ1n) is 18.3. The van der Waals surface area contributed by atoms with Gasteiger partial charge in [0, 0.05) is 53.9 Å². The van der Waals surface area contributed by atoms with Gasteiger partial charge in [-0.15, -0.1) is 11.3 Å². The van der Waals surface area contributed by atoms with E-state index in [1.54, 1.807) is 0 Å². The number of benzene rings is 8. The van der Waals surface area contributed by atoms with Crippen LogP contribution in [0.15, 0.2) is 186 Å². The number of rotatable bonds is 6. The van der Waals surface area contributed by atoms with Crippen LogP contribution < -0.4 is 4.90 Å². The lowest BCUT2D eigenvalue weighted by Crippen LogP contribution is -2.09. The molecular weight excluding hydrogens is 663 g/mol. The third kappa shape index (κ3) is 5.00. The fourth-order valence-electron chi connectivity index (χ4n) is 8.51. The first kappa shape index (κ1) is 30.2.